The van der Waals surface area contributed by atoms with Gasteiger partial charge in [0, 0.05) is 19.1 Å². The van der Waals surface area contributed by atoms with E-state index in [2.05, 4.69) is 10.6 Å². The van der Waals surface area contributed by atoms with Gasteiger partial charge >= 0.3 is 0 Å². The third kappa shape index (κ3) is 5.49. The van der Waals surface area contributed by atoms with Crippen molar-refractivity contribution in [2.24, 2.45) is 0 Å². The molecule has 0 aromatic heterocycles. The molecule has 1 aliphatic carbocycles. The van der Waals surface area contributed by atoms with Crippen LogP contribution in [0.15, 0.2) is 0 Å². The van der Waals surface area contributed by atoms with E-state index in [-0.39, 0.29) is 24.4 Å². The molecule has 5 nitrogen and oxygen atoms in total. The standard InChI is InChI=1S/C15H29N3O2/c1-4-18(5-2)14(19)11-16-12(3)15(20)17-13-9-7-6-8-10-13/h12-13,16H,4-11H2,1-3H3,(H,17,20). The van der Waals surface area contributed by atoms with Gasteiger partial charge in [0.15, 0.2) is 0 Å². The van der Waals surface area contributed by atoms with Crippen molar-refractivity contribution in [1.29, 1.82) is 0 Å². The topological polar surface area (TPSA) is 61.4 Å². The van der Waals surface area contributed by atoms with Gasteiger partial charge in [-0.15, -0.1) is 0 Å². The second-order valence-electron chi connectivity index (χ2n) is 5.51. The lowest BCUT2D eigenvalue weighted by atomic mass is 9.95. The van der Waals surface area contributed by atoms with Gasteiger partial charge < -0.3 is 10.2 Å². The average molecular weight is 283 g/mol. The Bertz CT molecular complexity index is 310. The maximum Gasteiger partial charge on any atom is 0.237 e. The van der Waals surface area contributed by atoms with Gasteiger partial charge in [-0.05, 0) is 33.6 Å². The average Bonchev–Trinajstić information content (AvgIpc) is 2.47. The number of amides is 2. The highest BCUT2D eigenvalue weighted by Crippen LogP contribution is 2.17. The van der Waals surface area contributed by atoms with Gasteiger partial charge in [-0.25, -0.2) is 0 Å². The molecular weight excluding hydrogens is 254 g/mol. The third-order valence-electron chi connectivity index (χ3n) is 4.02. The van der Waals surface area contributed by atoms with Crippen molar-refractivity contribution in [2.45, 2.75) is 65.0 Å². The summed E-state index contributed by atoms with van der Waals surface area (Å²) in [5.41, 5.74) is 0. The molecule has 5 heteroatoms. The van der Waals surface area contributed by atoms with Crippen molar-refractivity contribution in [3.63, 3.8) is 0 Å². The summed E-state index contributed by atoms with van der Waals surface area (Å²) in [6.07, 6.45) is 5.84. The zero-order valence-electron chi connectivity index (χ0n) is 13.1. The maximum absolute atomic E-state index is 12.0. The second-order valence-corrected chi connectivity index (χ2v) is 5.51. The van der Waals surface area contributed by atoms with Crippen molar-refractivity contribution in [3.05, 3.63) is 0 Å². The quantitative estimate of drug-likeness (QED) is 0.740. The Labute approximate surface area is 122 Å². The first kappa shape index (κ1) is 17.0. The van der Waals surface area contributed by atoms with Gasteiger partial charge in [-0.1, -0.05) is 19.3 Å². The van der Waals surface area contributed by atoms with Crippen molar-refractivity contribution in [3.8, 4) is 0 Å². The van der Waals surface area contributed by atoms with E-state index >= 15 is 0 Å². The minimum absolute atomic E-state index is 0.00393. The highest BCUT2D eigenvalue weighted by atomic mass is 16.2. The Balaban J connectivity index is 2.28. The van der Waals surface area contributed by atoms with E-state index in [4.69, 9.17) is 0 Å². The van der Waals surface area contributed by atoms with Crippen LogP contribution in [-0.4, -0.2) is 48.4 Å². The van der Waals surface area contributed by atoms with E-state index in [1.807, 2.05) is 20.8 Å². The first-order valence-electron chi connectivity index (χ1n) is 7.90. The molecule has 116 valence electrons. The van der Waals surface area contributed by atoms with E-state index in [1.165, 1.54) is 19.3 Å². The predicted molar refractivity (Wildman–Crippen MR) is 80.4 cm³/mol. The summed E-state index contributed by atoms with van der Waals surface area (Å²) in [6, 6.07) is -0.00424. The molecule has 2 N–H and O–H groups in total. The van der Waals surface area contributed by atoms with Gasteiger partial charge in [-0.2, -0.15) is 0 Å². The van der Waals surface area contributed by atoms with E-state index in [0.717, 1.165) is 12.8 Å². The molecule has 2 amide bonds. The van der Waals surface area contributed by atoms with E-state index < -0.39 is 0 Å². The van der Waals surface area contributed by atoms with Gasteiger partial charge in [0.05, 0.1) is 12.6 Å². The minimum atomic E-state index is -0.323. The van der Waals surface area contributed by atoms with Crippen molar-refractivity contribution in [2.75, 3.05) is 19.6 Å². The van der Waals surface area contributed by atoms with Crippen molar-refractivity contribution in [1.82, 2.24) is 15.5 Å². The van der Waals surface area contributed by atoms with Gasteiger partial charge in [-0.3, -0.25) is 14.9 Å². The van der Waals surface area contributed by atoms with Crippen LogP contribution in [0.3, 0.4) is 0 Å². The number of carbonyl (C=O) groups excluding carboxylic acids is 2. The highest BCUT2D eigenvalue weighted by molar-refractivity contribution is 5.83. The molecule has 1 atom stereocenters. The molecule has 1 unspecified atom stereocenters. The summed E-state index contributed by atoms with van der Waals surface area (Å²) in [7, 11) is 0. The molecule has 0 aromatic carbocycles. The van der Waals surface area contributed by atoms with Crippen LogP contribution in [-0.2, 0) is 9.59 Å². The minimum Gasteiger partial charge on any atom is -0.352 e. The molecule has 0 aromatic rings. The van der Waals surface area contributed by atoms with E-state index in [0.29, 0.717) is 19.1 Å². The Morgan fingerprint density at radius 3 is 2.30 bits per heavy atom. The van der Waals surface area contributed by atoms with Crippen LogP contribution in [0.25, 0.3) is 0 Å². The maximum atomic E-state index is 12.0. The lowest BCUT2D eigenvalue weighted by Gasteiger charge is -2.25. The molecule has 0 aliphatic heterocycles. The molecule has 1 rings (SSSR count). The van der Waals surface area contributed by atoms with Crippen LogP contribution < -0.4 is 10.6 Å². The smallest absolute Gasteiger partial charge is 0.237 e. The Morgan fingerprint density at radius 1 is 1.15 bits per heavy atom. The number of hydrogen-bond donors (Lipinski definition) is 2. The number of carbonyl (C=O) groups is 2. The number of hydrogen-bond acceptors (Lipinski definition) is 3. The molecule has 0 radical (unpaired) electrons. The lowest BCUT2D eigenvalue weighted by Crippen LogP contribution is -2.49. The van der Waals surface area contributed by atoms with Crippen LogP contribution >= 0.6 is 0 Å². The van der Waals surface area contributed by atoms with Crippen LogP contribution in [0.1, 0.15) is 52.9 Å². The number of likely N-dealkylation sites (N-methyl/N-ethyl adjacent to an activating group) is 1. The van der Waals surface area contributed by atoms with E-state index in [1.54, 1.807) is 4.90 Å². The normalized spacial score (nSPS) is 17.6. The first-order valence-corrected chi connectivity index (χ1v) is 7.90. The molecule has 0 bridgehead atoms. The van der Waals surface area contributed by atoms with Gasteiger partial charge in [0.1, 0.15) is 0 Å². The predicted octanol–water partition coefficient (Wildman–Crippen LogP) is 1.28. The fraction of sp³-hybridized carbons (Fsp3) is 0.867. The largest absolute Gasteiger partial charge is 0.352 e. The fourth-order valence-corrected chi connectivity index (χ4v) is 2.59. The number of rotatable bonds is 7. The van der Waals surface area contributed by atoms with E-state index in [9.17, 15) is 9.59 Å². The molecule has 0 saturated heterocycles. The summed E-state index contributed by atoms with van der Waals surface area (Å²) in [4.78, 5) is 25.7. The first-order chi connectivity index (χ1) is 9.58. The molecule has 1 fully saturated rings. The Hall–Kier alpha value is -1.10. The molecule has 20 heavy (non-hydrogen) atoms. The van der Waals surface area contributed by atoms with Crippen molar-refractivity contribution >= 4 is 11.8 Å². The summed E-state index contributed by atoms with van der Waals surface area (Å²) in [5, 5.41) is 6.09. The molecule has 1 saturated carbocycles. The molecular formula is C15H29N3O2. The molecule has 0 spiro atoms. The Kier molecular flexibility index (Phi) is 7.59. The summed E-state index contributed by atoms with van der Waals surface area (Å²) in [5.74, 6) is 0.0524. The summed E-state index contributed by atoms with van der Waals surface area (Å²) < 4.78 is 0. The summed E-state index contributed by atoms with van der Waals surface area (Å²) in [6.45, 7) is 7.37. The zero-order valence-corrected chi connectivity index (χ0v) is 13.1. The fourth-order valence-electron chi connectivity index (χ4n) is 2.59. The monoisotopic (exact) mass is 283 g/mol. The molecule has 0 heterocycles. The lowest BCUT2D eigenvalue weighted by molar-refractivity contribution is -0.130. The van der Waals surface area contributed by atoms with Crippen LogP contribution in [0.2, 0.25) is 0 Å². The highest BCUT2D eigenvalue weighted by Gasteiger charge is 2.20. The second kappa shape index (κ2) is 8.95. The SMILES string of the molecule is CCN(CC)C(=O)CNC(C)C(=O)NC1CCCCC1. The third-order valence-corrected chi connectivity index (χ3v) is 4.02. The zero-order chi connectivity index (χ0) is 15.0. The van der Waals surface area contributed by atoms with Crippen LogP contribution in [0.4, 0.5) is 0 Å². The molecule has 1 aliphatic rings. The Morgan fingerprint density at radius 2 is 1.75 bits per heavy atom. The van der Waals surface area contributed by atoms with Gasteiger partial charge in [0.25, 0.3) is 0 Å². The summed E-state index contributed by atoms with van der Waals surface area (Å²) >= 11 is 0. The van der Waals surface area contributed by atoms with Gasteiger partial charge in [0.2, 0.25) is 11.8 Å². The van der Waals surface area contributed by atoms with Crippen LogP contribution in [0.5, 0.6) is 0 Å². The number of nitrogens with one attached hydrogen (secondary N) is 2. The number of nitrogens with zero attached hydrogens (tertiary/aromatic N) is 1. The van der Waals surface area contributed by atoms with Crippen LogP contribution in [0, 0.1) is 0 Å². The van der Waals surface area contributed by atoms with Crippen molar-refractivity contribution < 1.29 is 9.59 Å².